The first-order chi connectivity index (χ1) is 8.66. The summed E-state index contributed by atoms with van der Waals surface area (Å²) in [6.07, 6.45) is 7.43. The van der Waals surface area contributed by atoms with Crippen molar-refractivity contribution >= 4 is 12.0 Å². The van der Waals surface area contributed by atoms with Crippen LogP contribution in [0.3, 0.4) is 0 Å². The van der Waals surface area contributed by atoms with E-state index in [1.807, 2.05) is 0 Å². The van der Waals surface area contributed by atoms with Gasteiger partial charge in [0.2, 0.25) is 5.91 Å². The van der Waals surface area contributed by atoms with Crippen LogP contribution in [-0.4, -0.2) is 21.0 Å². The average Bonchev–Trinajstić information content (AvgIpc) is 2.38. The highest BCUT2D eigenvalue weighted by molar-refractivity contribution is 5.91. The van der Waals surface area contributed by atoms with E-state index >= 15 is 0 Å². The Morgan fingerprint density at radius 2 is 2.17 bits per heavy atom. The second-order valence-electron chi connectivity index (χ2n) is 3.60. The first kappa shape index (κ1) is 11.8. The van der Waals surface area contributed by atoms with Gasteiger partial charge in [0.1, 0.15) is 5.75 Å². The van der Waals surface area contributed by atoms with Crippen molar-refractivity contribution in [3.8, 4) is 17.0 Å². The number of aromatic hydroxyl groups is 1. The molecule has 1 heterocycles. The van der Waals surface area contributed by atoms with Gasteiger partial charge in [-0.25, -0.2) is 0 Å². The predicted octanol–water partition coefficient (Wildman–Crippen LogP) is 1.35. The molecule has 0 saturated heterocycles. The van der Waals surface area contributed by atoms with Gasteiger partial charge >= 0.3 is 0 Å². The number of primary amides is 1. The van der Waals surface area contributed by atoms with Gasteiger partial charge in [0.05, 0.1) is 11.9 Å². The first-order valence-corrected chi connectivity index (χ1v) is 5.24. The average molecular weight is 241 g/mol. The van der Waals surface area contributed by atoms with E-state index in [1.165, 1.54) is 18.2 Å². The standard InChI is InChI=1S/C13H11N3O2/c14-13(18)4-2-10-7-9(1-3-12(10)17)11-8-15-5-6-16-11/h1-8,17H,(H2,14,18)/b4-2+. The minimum atomic E-state index is -0.570. The lowest BCUT2D eigenvalue weighted by atomic mass is 10.1. The quantitative estimate of drug-likeness (QED) is 0.794. The third-order valence-electron chi connectivity index (χ3n) is 2.31. The van der Waals surface area contributed by atoms with Crippen LogP contribution < -0.4 is 5.73 Å². The normalized spacial score (nSPS) is 10.7. The van der Waals surface area contributed by atoms with E-state index in [9.17, 15) is 9.90 Å². The number of phenolic OH excluding ortho intramolecular Hbond substituents is 1. The summed E-state index contributed by atoms with van der Waals surface area (Å²) in [4.78, 5) is 18.8. The van der Waals surface area contributed by atoms with Crippen molar-refractivity contribution in [1.82, 2.24) is 9.97 Å². The minimum Gasteiger partial charge on any atom is -0.507 e. The summed E-state index contributed by atoms with van der Waals surface area (Å²) in [6, 6.07) is 4.96. The van der Waals surface area contributed by atoms with E-state index in [4.69, 9.17) is 5.73 Å². The first-order valence-electron chi connectivity index (χ1n) is 5.24. The highest BCUT2D eigenvalue weighted by Gasteiger charge is 2.03. The highest BCUT2D eigenvalue weighted by atomic mass is 16.3. The Hall–Kier alpha value is -2.69. The third kappa shape index (κ3) is 2.70. The smallest absolute Gasteiger partial charge is 0.241 e. The molecule has 0 radical (unpaired) electrons. The SMILES string of the molecule is NC(=O)/C=C/c1cc(-c2cnccn2)ccc1O. The molecule has 3 N–H and O–H groups in total. The van der Waals surface area contributed by atoms with Gasteiger partial charge in [-0.1, -0.05) is 0 Å². The Bertz CT molecular complexity index is 594. The fourth-order valence-corrected chi connectivity index (χ4v) is 1.47. The van der Waals surface area contributed by atoms with Gasteiger partial charge in [-0.3, -0.25) is 14.8 Å². The van der Waals surface area contributed by atoms with Gasteiger partial charge in [-0.05, 0) is 24.3 Å². The molecule has 1 aromatic carbocycles. The summed E-state index contributed by atoms with van der Waals surface area (Å²) < 4.78 is 0. The molecular formula is C13H11N3O2. The molecule has 0 saturated carbocycles. The number of rotatable bonds is 3. The van der Waals surface area contributed by atoms with E-state index in [2.05, 4.69) is 9.97 Å². The second-order valence-corrected chi connectivity index (χ2v) is 3.60. The van der Waals surface area contributed by atoms with Gasteiger partial charge in [0.25, 0.3) is 0 Å². The fraction of sp³-hybridized carbons (Fsp3) is 0. The maximum atomic E-state index is 10.7. The Morgan fingerprint density at radius 3 is 2.83 bits per heavy atom. The highest BCUT2D eigenvalue weighted by Crippen LogP contribution is 2.25. The van der Waals surface area contributed by atoms with Crippen LogP contribution in [-0.2, 0) is 4.79 Å². The van der Waals surface area contributed by atoms with Crippen molar-refractivity contribution in [2.24, 2.45) is 5.73 Å². The van der Waals surface area contributed by atoms with Gasteiger partial charge in [-0.2, -0.15) is 0 Å². The molecule has 0 spiro atoms. The summed E-state index contributed by atoms with van der Waals surface area (Å²) >= 11 is 0. The predicted molar refractivity (Wildman–Crippen MR) is 67.4 cm³/mol. The van der Waals surface area contributed by atoms with E-state index in [0.29, 0.717) is 11.3 Å². The fourth-order valence-electron chi connectivity index (χ4n) is 1.47. The number of hydrogen-bond donors (Lipinski definition) is 2. The molecule has 2 rings (SSSR count). The molecule has 0 bridgehead atoms. The van der Waals surface area contributed by atoms with E-state index < -0.39 is 5.91 Å². The molecule has 0 fully saturated rings. The van der Waals surface area contributed by atoms with Crippen molar-refractivity contribution in [2.75, 3.05) is 0 Å². The number of phenols is 1. The Morgan fingerprint density at radius 1 is 1.33 bits per heavy atom. The van der Waals surface area contributed by atoms with Crippen LogP contribution >= 0.6 is 0 Å². The molecule has 2 aromatic rings. The molecule has 0 aliphatic rings. The third-order valence-corrected chi connectivity index (χ3v) is 2.31. The zero-order valence-electron chi connectivity index (χ0n) is 9.45. The summed E-state index contributed by atoms with van der Waals surface area (Å²) in [6.45, 7) is 0. The van der Waals surface area contributed by atoms with Crippen LogP contribution in [0, 0.1) is 0 Å². The molecule has 0 aliphatic carbocycles. The Kier molecular flexibility index (Phi) is 3.33. The Balaban J connectivity index is 2.41. The van der Waals surface area contributed by atoms with Crippen LogP contribution in [0.1, 0.15) is 5.56 Å². The molecule has 1 aromatic heterocycles. The maximum absolute atomic E-state index is 10.7. The lowest BCUT2D eigenvalue weighted by Crippen LogP contribution is -2.05. The molecule has 5 heteroatoms. The van der Waals surface area contributed by atoms with Crippen LogP contribution in [0.5, 0.6) is 5.75 Å². The van der Waals surface area contributed by atoms with Crippen LogP contribution in [0.25, 0.3) is 17.3 Å². The van der Waals surface area contributed by atoms with Crippen molar-refractivity contribution in [1.29, 1.82) is 0 Å². The number of carbonyl (C=O) groups excluding carboxylic acids is 1. The number of aromatic nitrogens is 2. The van der Waals surface area contributed by atoms with Crippen molar-refractivity contribution < 1.29 is 9.90 Å². The summed E-state index contributed by atoms with van der Waals surface area (Å²) in [5, 5.41) is 9.66. The van der Waals surface area contributed by atoms with Crippen molar-refractivity contribution in [2.45, 2.75) is 0 Å². The van der Waals surface area contributed by atoms with E-state index in [-0.39, 0.29) is 5.75 Å². The van der Waals surface area contributed by atoms with Crippen LogP contribution in [0.4, 0.5) is 0 Å². The van der Waals surface area contributed by atoms with Crippen LogP contribution in [0.15, 0.2) is 42.9 Å². The molecule has 1 amide bonds. The van der Waals surface area contributed by atoms with Gasteiger partial charge < -0.3 is 10.8 Å². The molecule has 90 valence electrons. The lowest BCUT2D eigenvalue weighted by molar-refractivity contribution is -0.113. The zero-order valence-corrected chi connectivity index (χ0v) is 9.45. The molecular weight excluding hydrogens is 230 g/mol. The van der Waals surface area contributed by atoms with E-state index in [1.54, 1.807) is 30.7 Å². The minimum absolute atomic E-state index is 0.0696. The van der Waals surface area contributed by atoms with Gasteiger partial charge in [-0.15, -0.1) is 0 Å². The number of carbonyl (C=O) groups is 1. The maximum Gasteiger partial charge on any atom is 0.241 e. The molecule has 5 nitrogen and oxygen atoms in total. The number of benzene rings is 1. The summed E-state index contributed by atoms with van der Waals surface area (Å²) in [7, 11) is 0. The van der Waals surface area contributed by atoms with Gasteiger partial charge in [0.15, 0.2) is 0 Å². The monoisotopic (exact) mass is 241 g/mol. The number of amides is 1. The molecule has 0 aliphatic heterocycles. The van der Waals surface area contributed by atoms with Crippen molar-refractivity contribution in [3.05, 3.63) is 48.4 Å². The summed E-state index contributed by atoms with van der Waals surface area (Å²) in [5.41, 5.74) is 6.99. The van der Waals surface area contributed by atoms with E-state index in [0.717, 1.165) is 5.56 Å². The molecule has 0 atom stereocenters. The lowest BCUT2D eigenvalue weighted by Gasteiger charge is -2.03. The number of hydrogen-bond acceptors (Lipinski definition) is 4. The van der Waals surface area contributed by atoms with Crippen molar-refractivity contribution in [3.63, 3.8) is 0 Å². The topological polar surface area (TPSA) is 89.1 Å². The zero-order chi connectivity index (χ0) is 13.0. The molecule has 18 heavy (non-hydrogen) atoms. The number of nitrogens with zero attached hydrogens (tertiary/aromatic N) is 2. The van der Waals surface area contributed by atoms with Gasteiger partial charge in [0, 0.05) is 29.6 Å². The largest absolute Gasteiger partial charge is 0.507 e. The van der Waals surface area contributed by atoms with Crippen LogP contribution in [0.2, 0.25) is 0 Å². The second kappa shape index (κ2) is 5.09. The number of nitrogens with two attached hydrogens (primary N) is 1. The Labute approximate surface area is 104 Å². The molecule has 0 unspecified atom stereocenters. The summed E-state index contributed by atoms with van der Waals surface area (Å²) in [5.74, 6) is -0.501.